The number of pyridine rings is 1. The third-order valence-corrected chi connectivity index (χ3v) is 6.54. The second-order valence-corrected chi connectivity index (χ2v) is 9.54. The summed E-state index contributed by atoms with van der Waals surface area (Å²) in [6.07, 6.45) is 13.2. The first kappa shape index (κ1) is 22.7. The van der Waals surface area contributed by atoms with Crippen molar-refractivity contribution in [1.82, 2.24) is 19.4 Å². The molecule has 5 rings (SSSR count). The molecule has 2 atom stereocenters. The first-order chi connectivity index (χ1) is 16.8. The highest BCUT2D eigenvalue weighted by atomic mass is 16.5. The lowest BCUT2D eigenvalue weighted by Gasteiger charge is -2.34. The molecule has 9 nitrogen and oxygen atoms in total. The fourth-order valence-corrected chi connectivity index (χ4v) is 4.86. The van der Waals surface area contributed by atoms with Crippen LogP contribution in [0.4, 0.5) is 11.6 Å². The van der Waals surface area contributed by atoms with Gasteiger partial charge in [-0.05, 0) is 45.2 Å². The van der Waals surface area contributed by atoms with Crippen molar-refractivity contribution < 1.29 is 9.53 Å². The second kappa shape index (κ2) is 8.96. The van der Waals surface area contributed by atoms with Crippen molar-refractivity contribution in [1.29, 1.82) is 5.26 Å². The predicted molar refractivity (Wildman–Crippen MR) is 132 cm³/mol. The first-order valence-electron chi connectivity index (χ1n) is 11.7. The van der Waals surface area contributed by atoms with Crippen LogP contribution < -0.4 is 11.1 Å². The summed E-state index contributed by atoms with van der Waals surface area (Å²) in [6, 6.07) is 5.17. The lowest BCUT2D eigenvalue weighted by atomic mass is 9.88. The molecule has 2 unspecified atom stereocenters. The average Bonchev–Trinajstić information content (AvgIpc) is 3.25. The highest BCUT2D eigenvalue weighted by Gasteiger charge is 2.33. The van der Waals surface area contributed by atoms with Crippen LogP contribution in [0.5, 0.6) is 0 Å². The van der Waals surface area contributed by atoms with Gasteiger partial charge in [0.15, 0.2) is 0 Å². The van der Waals surface area contributed by atoms with E-state index >= 15 is 0 Å². The number of amides is 1. The van der Waals surface area contributed by atoms with Crippen molar-refractivity contribution in [2.45, 2.75) is 50.5 Å². The summed E-state index contributed by atoms with van der Waals surface area (Å²) in [5.74, 6) is 1.70. The Balaban J connectivity index is 1.39. The number of ether oxygens (including phenoxy) is 1. The van der Waals surface area contributed by atoms with Gasteiger partial charge in [-0.3, -0.25) is 9.20 Å². The van der Waals surface area contributed by atoms with Gasteiger partial charge in [0.25, 0.3) is 5.91 Å². The van der Waals surface area contributed by atoms with E-state index in [-0.39, 0.29) is 23.3 Å². The Morgan fingerprint density at radius 1 is 1.34 bits per heavy atom. The second-order valence-electron chi connectivity index (χ2n) is 9.54. The summed E-state index contributed by atoms with van der Waals surface area (Å²) in [5.41, 5.74) is 8.77. The fourth-order valence-electron chi connectivity index (χ4n) is 4.86. The molecule has 3 aromatic rings. The van der Waals surface area contributed by atoms with Crippen LogP contribution >= 0.6 is 0 Å². The van der Waals surface area contributed by atoms with Crippen LogP contribution in [0.15, 0.2) is 54.5 Å². The molecule has 3 aromatic heterocycles. The maximum Gasteiger partial charge on any atom is 0.256 e. The third kappa shape index (κ3) is 4.53. The number of carbonyl (C=O) groups is 1. The van der Waals surface area contributed by atoms with Crippen molar-refractivity contribution in [3.8, 4) is 6.07 Å². The number of imidazole rings is 1. The molecule has 0 aromatic carbocycles. The van der Waals surface area contributed by atoms with Crippen molar-refractivity contribution >= 4 is 23.1 Å². The molecule has 1 aliphatic carbocycles. The molecule has 178 valence electrons. The molecular formula is C26H27N7O2. The minimum absolute atomic E-state index is 0.0327. The Labute approximate surface area is 203 Å². The largest absolute Gasteiger partial charge is 0.382 e. The average molecular weight is 470 g/mol. The molecule has 9 heteroatoms. The summed E-state index contributed by atoms with van der Waals surface area (Å²) in [6.45, 7) is 4.91. The van der Waals surface area contributed by atoms with Crippen LogP contribution in [0, 0.1) is 11.3 Å². The zero-order chi connectivity index (χ0) is 24.6. The third-order valence-electron chi connectivity index (χ3n) is 6.54. The van der Waals surface area contributed by atoms with Gasteiger partial charge in [0.05, 0.1) is 22.9 Å². The molecule has 4 heterocycles. The van der Waals surface area contributed by atoms with E-state index in [4.69, 9.17) is 20.7 Å². The molecule has 0 bridgehead atoms. The first-order valence-corrected chi connectivity index (χ1v) is 11.7. The zero-order valence-corrected chi connectivity index (χ0v) is 19.7. The van der Waals surface area contributed by atoms with E-state index in [0.717, 1.165) is 29.9 Å². The minimum atomic E-state index is -0.275. The molecule has 3 N–H and O–H groups in total. The number of allylic oxidation sites excluding steroid dienone is 2. The molecule has 1 amide bonds. The lowest BCUT2D eigenvalue weighted by Crippen LogP contribution is -2.33. The van der Waals surface area contributed by atoms with Gasteiger partial charge < -0.3 is 15.8 Å². The Morgan fingerprint density at radius 3 is 2.94 bits per heavy atom. The van der Waals surface area contributed by atoms with E-state index in [9.17, 15) is 4.79 Å². The number of nitriles is 1. The van der Waals surface area contributed by atoms with Gasteiger partial charge in [-0.15, -0.1) is 0 Å². The van der Waals surface area contributed by atoms with E-state index in [2.05, 4.69) is 33.5 Å². The summed E-state index contributed by atoms with van der Waals surface area (Å²) in [7, 11) is 0. The van der Waals surface area contributed by atoms with Crippen molar-refractivity contribution in [2.24, 2.45) is 0 Å². The van der Waals surface area contributed by atoms with Gasteiger partial charge in [-0.2, -0.15) is 5.26 Å². The molecule has 1 aliphatic heterocycles. The summed E-state index contributed by atoms with van der Waals surface area (Å²) < 4.78 is 7.98. The van der Waals surface area contributed by atoms with Gasteiger partial charge in [-0.25, -0.2) is 15.0 Å². The predicted octanol–water partition coefficient (Wildman–Crippen LogP) is 3.86. The van der Waals surface area contributed by atoms with E-state index < -0.39 is 0 Å². The summed E-state index contributed by atoms with van der Waals surface area (Å²) in [5, 5.41) is 11.8. The topological polar surface area (TPSA) is 131 Å². The van der Waals surface area contributed by atoms with Gasteiger partial charge in [0.1, 0.15) is 23.0 Å². The number of rotatable bonds is 4. The SMILES string of the molecule is CC1(C)CC(c2nc(C3C=CC(C(=O)Nc4cc(C#N)ccn4)=CC3)c3c(N)nccn23)CCO1. The van der Waals surface area contributed by atoms with Crippen LogP contribution in [-0.4, -0.2) is 37.5 Å². The lowest BCUT2D eigenvalue weighted by molar-refractivity contribution is -0.112. The highest BCUT2D eigenvalue weighted by Crippen LogP contribution is 2.39. The molecule has 0 radical (unpaired) electrons. The summed E-state index contributed by atoms with van der Waals surface area (Å²) in [4.78, 5) is 26.2. The van der Waals surface area contributed by atoms with Crippen molar-refractivity contribution in [3.63, 3.8) is 0 Å². The Bertz CT molecular complexity index is 1400. The standard InChI is InChI=1S/C26H27N7O2/c1-26(2)14-19(8-12-35-26)24-32-21(22-23(28)30-10-11-33(22)24)17-3-5-18(6-4-17)25(34)31-20-13-16(15-27)7-9-29-20/h3,5-7,9-11,13,17,19H,4,8,12,14H2,1-2H3,(H2,28,30)(H,29,31,34). The van der Waals surface area contributed by atoms with Crippen LogP contribution in [0.1, 0.15) is 62.0 Å². The quantitative estimate of drug-likeness (QED) is 0.593. The maximum atomic E-state index is 12.7. The molecule has 35 heavy (non-hydrogen) atoms. The number of nitrogens with one attached hydrogen (secondary N) is 1. The zero-order valence-electron chi connectivity index (χ0n) is 19.7. The molecular weight excluding hydrogens is 442 g/mol. The maximum absolute atomic E-state index is 12.7. The van der Waals surface area contributed by atoms with Crippen LogP contribution in [0.3, 0.4) is 0 Å². The van der Waals surface area contributed by atoms with Crippen LogP contribution in [0.2, 0.25) is 0 Å². The van der Waals surface area contributed by atoms with Crippen LogP contribution in [0.25, 0.3) is 5.52 Å². The minimum Gasteiger partial charge on any atom is -0.382 e. The summed E-state index contributed by atoms with van der Waals surface area (Å²) >= 11 is 0. The Kier molecular flexibility index (Phi) is 5.83. The number of carbonyl (C=O) groups excluding carboxylic acids is 1. The van der Waals surface area contributed by atoms with Gasteiger partial charge >= 0.3 is 0 Å². The number of nitrogens with zero attached hydrogens (tertiary/aromatic N) is 5. The number of hydrogen-bond acceptors (Lipinski definition) is 7. The monoisotopic (exact) mass is 469 g/mol. The van der Waals surface area contributed by atoms with Gasteiger partial charge in [0.2, 0.25) is 0 Å². The van der Waals surface area contributed by atoms with Gasteiger partial charge in [-0.1, -0.05) is 18.2 Å². The number of nitrogen functional groups attached to an aromatic ring is 1. The number of aromatic nitrogens is 4. The normalized spacial score (nSPS) is 21.3. The van der Waals surface area contributed by atoms with Crippen molar-refractivity contribution in [3.05, 3.63) is 71.6 Å². The Hall–Kier alpha value is -4.03. The van der Waals surface area contributed by atoms with E-state index in [1.807, 2.05) is 24.4 Å². The smallest absolute Gasteiger partial charge is 0.256 e. The number of nitrogens with two attached hydrogens (primary N) is 1. The highest BCUT2D eigenvalue weighted by molar-refractivity contribution is 6.05. The Morgan fingerprint density at radius 2 is 2.20 bits per heavy atom. The molecule has 2 aliphatic rings. The van der Waals surface area contributed by atoms with Crippen LogP contribution in [-0.2, 0) is 9.53 Å². The number of fused-ring (bicyclic) bond motifs is 1. The molecule has 0 spiro atoms. The van der Waals surface area contributed by atoms with E-state index in [1.165, 1.54) is 6.20 Å². The molecule has 1 fully saturated rings. The number of anilines is 2. The van der Waals surface area contributed by atoms with E-state index in [0.29, 0.717) is 35.8 Å². The number of hydrogen-bond donors (Lipinski definition) is 2. The molecule has 0 saturated carbocycles. The fraction of sp³-hybridized carbons (Fsp3) is 0.346. The van der Waals surface area contributed by atoms with Crippen molar-refractivity contribution in [2.75, 3.05) is 17.7 Å². The van der Waals surface area contributed by atoms with E-state index in [1.54, 1.807) is 24.4 Å². The molecule has 1 saturated heterocycles. The van der Waals surface area contributed by atoms with Gasteiger partial charge in [0, 0.05) is 42.6 Å².